The molecule has 1 N–H and O–H groups in total. The molecule has 3 atom stereocenters. The first-order chi connectivity index (χ1) is 14.3. The topological polar surface area (TPSA) is 71.5 Å². The largest absolute Gasteiger partial charge is 0.573 e. The fourth-order valence-corrected chi connectivity index (χ4v) is 4.30. The Labute approximate surface area is 171 Å². The Morgan fingerprint density at radius 3 is 2.57 bits per heavy atom. The fraction of sp³-hybridized carbons (Fsp3) is 0.381. The molecular weight excluding hydrogens is 399 g/mol. The molecule has 0 radical (unpaired) electrons. The highest BCUT2D eigenvalue weighted by molar-refractivity contribution is 5.94. The molecule has 1 aliphatic heterocycles. The summed E-state index contributed by atoms with van der Waals surface area (Å²) in [6.45, 7) is 0.637. The van der Waals surface area contributed by atoms with Crippen LogP contribution in [0.15, 0.2) is 48.8 Å². The number of carbonyl (C=O) groups excluding carboxylic acids is 2. The van der Waals surface area contributed by atoms with Crippen molar-refractivity contribution in [1.82, 2.24) is 15.2 Å². The number of ether oxygens (including phenoxy) is 1. The van der Waals surface area contributed by atoms with Gasteiger partial charge in [0.05, 0.1) is 18.0 Å². The van der Waals surface area contributed by atoms with Crippen molar-refractivity contribution in [3.8, 4) is 5.75 Å². The Kier molecular flexibility index (Phi) is 5.36. The Bertz CT molecular complexity index is 919. The highest BCUT2D eigenvalue weighted by Gasteiger charge is 2.47. The van der Waals surface area contributed by atoms with Crippen molar-refractivity contribution in [2.24, 2.45) is 5.92 Å². The molecule has 2 heterocycles. The van der Waals surface area contributed by atoms with Gasteiger partial charge in [-0.05, 0) is 48.6 Å². The zero-order chi connectivity index (χ0) is 21.3. The van der Waals surface area contributed by atoms with Crippen molar-refractivity contribution in [2.45, 2.75) is 37.7 Å². The molecule has 2 bridgehead atoms. The summed E-state index contributed by atoms with van der Waals surface area (Å²) in [6.07, 6.45) is 0.0836. The van der Waals surface area contributed by atoms with Crippen molar-refractivity contribution in [2.75, 3.05) is 6.54 Å². The van der Waals surface area contributed by atoms with Gasteiger partial charge in [0.2, 0.25) is 5.91 Å². The zero-order valence-corrected chi connectivity index (χ0v) is 15.9. The highest BCUT2D eigenvalue weighted by atomic mass is 19.4. The summed E-state index contributed by atoms with van der Waals surface area (Å²) in [5.74, 6) is -0.307. The number of nitrogens with one attached hydrogen (secondary N) is 1. The van der Waals surface area contributed by atoms with Crippen molar-refractivity contribution < 1.29 is 27.5 Å². The van der Waals surface area contributed by atoms with Gasteiger partial charge in [-0.25, -0.2) is 0 Å². The summed E-state index contributed by atoms with van der Waals surface area (Å²) in [6, 6.07) is 8.48. The molecule has 1 aliphatic carbocycles. The number of hydrogen-bond donors (Lipinski definition) is 1. The van der Waals surface area contributed by atoms with Gasteiger partial charge >= 0.3 is 6.36 Å². The average molecular weight is 419 g/mol. The number of fused-ring (bicyclic) bond motifs is 2. The van der Waals surface area contributed by atoms with Gasteiger partial charge in [0, 0.05) is 25.0 Å². The third kappa shape index (κ3) is 4.55. The second kappa shape index (κ2) is 7.97. The van der Waals surface area contributed by atoms with Crippen molar-refractivity contribution in [1.29, 1.82) is 0 Å². The molecule has 9 heteroatoms. The fourth-order valence-electron chi connectivity index (χ4n) is 4.30. The molecule has 2 amide bonds. The lowest BCUT2D eigenvalue weighted by Gasteiger charge is -2.34. The Balaban J connectivity index is 1.36. The van der Waals surface area contributed by atoms with Crippen LogP contribution < -0.4 is 10.1 Å². The number of rotatable bonds is 5. The molecule has 1 saturated carbocycles. The molecule has 2 aromatic rings. The molecule has 0 spiro atoms. The van der Waals surface area contributed by atoms with E-state index in [1.54, 1.807) is 23.2 Å². The third-order valence-corrected chi connectivity index (χ3v) is 5.55. The van der Waals surface area contributed by atoms with E-state index in [0.29, 0.717) is 23.6 Å². The normalized spacial score (nSPS) is 22.8. The number of carbonyl (C=O) groups is 2. The number of hydrogen-bond acceptors (Lipinski definition) is 4. The predicted molar refractivity (Wildman–Crippen MR) is 101 cm³/mol. The van der Waals surface area contributed by atoms with Gasteiger partial charge in [0.15, 0.2) is 0 Å². The van der Waals surface area contributed by atoms with Crippen molar-refractivity contribution in [3.63, 3.8) is 0 Å². The molecule has 6 nitrogen and oxygen atoms in total. The van der Waals surface area contributed by atoms with E-state index in [1.807, 2.05) is 0 Å². The smallest absolute Gasteiger partial charge is 0.406 e. The van der Waals surface area contributed by atoms with E-state index in [1.165, 1.54) is 30.5 Å². The summed E-state index contributed by atoms with van der Waals surface area (Å²) in [4.78, 5) is 31.0. The molecular formula is C21H20F3N3O3. The van der Waals surface area contributed by atoms with E-state index in [0.717, 1.165) is 12.8 Å². The lowest BCUT2D eigenvalue weighted by Crippen LogP contribution is -2.52. The number of benzene rings is 1. The minimum Gasteiger partial charge on any atom is -0.406 e. The van der Waals surface area contributed by atoms with E-state index < -0.39 is 6.36 Å². The molecule has 3 unspecified atom stereocenters. The SMILES string of the molecule is O=C(NC1CC2CC1N(C(=O)Cc1ccc(OC(F)(F)F)cc1)C2)c1cccnc1. The maximum absolute atomic E-state index is 12.8. The molecule has 4 rings (SSSR count). The van der Waals surface area contributed by atoms with Crippen molar-refractivity contribution >= 4 is 11.8 Å². The summed E-state index contributed by atoms with van der Waals surface area (Å²) >= 11 is 0. The molecule has 2 fully saturated rings. The molecule has 1 aromatic heterocycles. The van der Waals surface area contributed by atoms with E-state index in [9.17, 15) is 22.8 Å². The Morgan fingerprint density at radius 2 is 1.93 bits per heavy atom. The van der Waals surface area contributed by atoms with Crippen LogP contribution in [0, 0.1) is 5.92 Å². The van der Waals surface area contributed by atoms with Crippen LogP contribution in [0.25, 0.3) is 0 Å². The number of aromatic nitrogens is 1. The number of piperidine rings is 1. The number of amides is 2. The monoisotopic (exact) mass is 419 g/mol. The van der Waals surface area contributed by atoms with Gasteiger partial charge in [-0.3, -0.25) is 14.6 Å². The lowest BCUT2D eigenvalue weighted by atomic mass is 10.0. The number of likely N-dealkylation sites (tertiary alicyclic amines) is 1. The number of nitrogens with zero attached hydrogens (tertiary/aromatic N) is 2. The van der Waals surface area contributed by atoms with Crippen LogP contribution in [0.3, 0.4) is 0 Å². The van der Waals surface area contributed by atoms with E-state index in [-0.39, 0.29) is 36.1 Å². The average Bonchev–Trinajstić information content (AvgIpc) is 3.29. The van der Waals surface area contributed by atoms with Crippen LogP contribution in [-0.4, -0.2) is 46.7 Å². The first kappa shape index (κ1) is 20.2. The van der Waals surface area contributed by atoms with Gasteiger partial charge < -0.3 is 15.0 Å². The summed E-state index contributed by atoms with van der Waals surface area (Å²) in [7, 11) is 0. The highest BCUT2D eigenvalue weighted by Crippen LogP contribution is 2.38. The lowest BCUT2D eigenvalue weighted by molar-refractivity contribution is -0.274. The molecule has 1 saturated heterocycles. The van der Waals surface area contributed by atoms with Gasteiger partial charge in [0.1, 0.15) is 5.75 Å². The van der Waals surface area contributed by atoms with Crippen LogP contribution in [0.5, 0.6) is 5.75 Å². The predicted octanol–water partition coefficient (Wildman–Crippen LogP) is 2.94. The summed E-state index contributed by atoms with van der Waals surface area (Å²) < 4.78 is 40.6. The standard InChI is InChI=1S/C21H20F3N3O3/c22-21(23,24)30-16-5-3-13(4-6-16)10-19(28)27-12-14-8-17(18(27)9-14)26-20(29)15-2-1-7-25-11-15/h1-7,11,14,17-18H,8-10,12H2,(H,26,29). The van der Waals surface area contributed by atoms with Gasteiger partial charge in [0.25, 0.3) is 5.91 Å². The van der Waals surface area contributed by atoms with E-state index in [4.69, 9.17) is 0 Å². The number of pyridine rings is 1. The van der Waals surface area contributed by atoms with Gasteiger partial charge in [-0.15, -0.1) is 13.2 Å². The minimum absolute atomic E-state index is 0.0732. The second-order valence-electron chi connectivity index (χ2n) is 7.64. The Morgan fingerprint density at radius 1 is 1.17 bits per heavy atom. The summed E-state index contributed by atoms with van der Waals surface area (Å²) in [5.41, 5.74) is 1.08. The third-order valence-electron chi connectivity index (χ3n) is 5.55. The van der Waals surface area contributed by atoms with E-state index >= 15 is 0 Å². The van der Waals surface area contributed by atoms with Crippen LogP contribution in [0.1, 0.15) is 28.8 Å². The van der Waals surface area contributed by atoms with Crippen LogP contribution in [-0.2, 0) is 11.2 Å². The van der Waals surface area contributed by atoms with Gasteiger partial charge in [-0.2, -0.15) is 0 Å². The number of halogens is 3. The molecule has 1 aromatic carbocycles. The first-order valence-corrected chi connectivity index (χ1v) is 9.63. The second-order valence-corrected chi connectivity index (χ2v) is 7.64. The quantitative estimate of drug-likeness (QED) is 0.809. The molecule has 30 heavy (non-hydrogen) atoms. The summed E-state index contributed by atoms with van der Waals surface area (Å²) in [5, 5.41) is 3.01. The van der Waals surface area contributed by atoms with Gasteiger partial charge in [-0.1, -0.05) is 12.1 Å². The van der Waals surface area contributed by atoms with Crippen LogP contribution in [0.4, 0.5) is 13.2 Å². The maximum Gasteiger partial charge on any atom is 0.573 e. The number of alkyl halides is 3. The first-order valence-electron chi connectivity index (χ1n) is 9.63. The molecule has 158 valence electrons. The Hall–Kier alpha value is -3.10. The zero-order valence-electron chi connectivity index (χ0n) is 15.9. The minimum atomic E-state index is -4.75. The van der Waals surface area contributed by atoms with Crippen molar-refractivity contribution in [3.05, 3.63) is 59.9 Å². The van der Waals surface area contributed by atoms with Crippen LogP contribution in [0.2, 0.25) is 0 Å². The van der Waals surface area contributed by atoms with Crippen LogP contribution >= 0.6 is 0 Å². The van der Waals surface area contributed by atoms with E-state index in [2.05, 4.69) is 15.0 Å². The molecule has 2 aliphatic rings. The maximum atomic E-state index is 12.8.